The molecule has 0 saturated carbocycles. The van der Waals surface area contributed by atoms with Gasteiger partial charge < -0.3 is 19.5 Å². The Morgan fingerprint density at radius 1 is 1.12 bits per heavy atom. The predicted molar refractivity (Wildman–Crippen MR) is 90.8 cm³/mol. The summed E-state index contributed by atoms with van der Waals surface area (Å²) in [4.78, 5) is 12.2. The maximum absolute atomic E-state index is 12.2. The number of nitrogens with one attached hydrogen (secondary N) is 1. The van der Waals surface area contributed by atoms with Crippen LogP contribution in [0.2, 0.25) is 0 Å². The van der Waals surface area contributed by atoms with Gasteiger partial charge in [-0.05, 0) is 42.3 Å². The number of halogens is 2. The van der Waals surface area contributed by atoms with Gasteiger partial charge in [-0.25, -0.2) is 0 Å². The summed E-state index contributed by atoms with van der Waals surface area (Å²) in [5.74, 6) is 1.26. The number of alkyl halides is 2. The van der Waals surface area contributed by atoms with Crippen LogP contribution in [0.5, 0.6) is 17.2 Å². The van der Waals surface area contributed by atoms with Crippen molar-refractivity contribution in [1.82, 2.24) is 5.32 Å². The molecule has 1 heterocycles. The number of ether oxygens (including phenoxy) is 3. The molecule has 1 amide bonds. The number of hydrogen-bond donors (Lipinski definition) is 1. The maximum atomic E-state index is 12.2. The second-order valence-corrected chi connectivity index (χ2v) is 5.89. The molecule has 26 heavy (non-hydrogen) atoms. The van der Waals surface area contributed by atoms with E-state index in [0.29, 0.717) is 30.3 Å². The zero-order valence-corrected chi connectivity index (χ0v) is 14.2. The Bertz CT molecular complexity index is 765. The Morgan fingerprint density at radius 2 is 1.81 bits per heavy atom. The molecule has 0 unspecified atom stereocenters. The summed E-state index contributed by atoms with van der Waals surface area (Å²) >= 11 is 0. The van der Waals surface area contributed by atoms with Crippen molar-refractivity contribution in [2.75, 3.05) is 13.2 Å². The number of amides is 1. The van der Waals surface area contributed by atoms with Crippen LogP contribution in [-0.4, -0.2) is 25.7 Å². The first-order chi connectivity index (χ1) is 12.5. The molecule has 0 spiro atoms. The van der Waals surface area contributed by atoms with E-state index < -0.39 is 6.61 Å². The zero-order chi connectivity index (χ0) is 18.5. The van der Waals surface area contributed by atoms with E-state index in [9.17, 15) is 13.6 Å². The van der Waals surface area contributed by atoms with Gasteiger partial charge >= 0.3 is 6.61 Å². The lowest BCUT2D eigenvalue weighted by Gasteiger charge is -2.21. The van der Waals surface area contributed by atoms with Gasteiger partial charge in [-0.2, -0.15) is 8.78 Å². The lowest BCUT2D eigenvalue weighted by atomic mass is 10.1. The average molecular weight is 363 g/mol. The van der Waals surface area contributed by atoms with Crippen LogP contribution in [0.15, 0.2) is 42.5 Å². The van der Waals surface area contributed by atoms with E-state index in [0.717, 1.165) is 5.56 Å². The van der Waals surface area contributed by atoms with Crippen LogP contribution in [0.25, 0.3) is 0 Å². The Kier molecular flexibility index (Phi) is 5.55. The number of rotatable bonds is 6. The number of carbonyl (C=O) groups is 1. The maximum Gasteiger partial charge on any atom is 0.387 e. The van der Waals surface area contributed by atoms with Gasteiger partial charge in [0.15, 0.2) is 11.5 Å². The lowest BCUT2D eigenvalue weighted by molar-refractivity contribution is -0.121. The van der Waals surface area contributed by atoms with Crippen molar-refractivity contribution >= 4 is 5.91 Å². The molecular weight excluding hydrogens is 344 g/mol. The summed E-state index contributed by atoms with van der Waals surface area (Å²) in [6.07, 6.45) is 0.143. The van der Waals surface area contributed by atoms with E-state index in [-0.39, 0.29) is 24.1 Å². The summed E-state index contributed by atoms with van der Waals surface area (Å²) in [5, 5.41) is 2.91. The van der Waals surface area contributed by atoms with Gasteiger partial charge in [-0.1, -0.05) is 18.2 Å². The molecule has 0 fully saturated rings. The van der Waals surface area contributed by atoms with E-state index >= 15 is 0 Å². The Labute approximate surface area is 149 Å². The molecule has 0 aliphatic carbocycles. The van der Waals surface area contributed by atoms with Gasteiger partial charge in [0.1, 0.15) is 19.0 Å². The van der Waals surface area contributed by atoms with Gasteiger partial charge in [-0.3, -0.25) is 4.79 Å². The van der Waals surface area contributed by atoms with E-state index in [1.807, 2.05) is 25.1 Å². The van der Waals surface area contributed by atoms with E-state index in [1.165, 1.54) is 12.1 Å². The topological polar surface area (TPSA) is 56.8 Å². The SMILES string of the molecule is C[C@H](NC(=O)Cc1ccc(OC(F)F)cc1)c1ccc2c(c1)OCCO2. The first kappa shape index (κ1) is 18.0. The lowest BCUT2D eigenvalue weighted by Crippen LogP contribution is -2.28. The third-order valence-electron chi connectivity index (χ3n) is 3.96. The normalized spacial score (nSPS) is 14.0. The van der Waals surface area contributed by atoms with Crippen LogP contribution in [0, 0.1) is 0 Å². The quantitative estimate of drug-likeness (QED) is 0.854. The van der Waals surface area contributed by atoms with Crippen molar-refractivity contribution in [2.45, 2.75) is 26.0 Å². The van der Waals surface area contributed by atoms with Gasteiger partial charge in [0, 0.05) is 0 Å². The van der Waals surface area contributed by atoms with Crippen LogP contribution in [0.1, 0.15) is 24.1 Å². The predicted octanol–water partition coefficient (Wildman–Crippen LogP) is 3.48. The summed E-state index contributed by atoms with van der Waals surface area (Å²) < 4.78 is 39.6. The minimum Gasteiger partial charge on any atom is -0.486 e. The van der Waals surface area contributed by atoms with Gasteiger partial charge in [0.2, 0.25) is 5.91 Å². The highest BCUT2D eigenvalue weighted by Crippen LogP contribution is 2.32. The van der Waals surface area contributed by atoms with Crippen LogP contribution in [-0.2, 0) is 11.2 Å². The Morgan fingerprint density at radius 3 is 2.50 bits per heavy atom. The third-order valence-corrected chi connectivity index (χ3v) is 3.96. The molecular formula is C19H19F2NO4. The molecule has 1 aliphatic rings. The van der Waals surface area contributed by atoms with Gasteiger partial charge in [-0.15, -0.1) is 0 Å². The Balaban J connectivity index is 1.57. The first-order valence-corrected chi connectivity index (χ1v) is 8.24. The highest BCUT2D eigenvalue weighted by Gasteiger charge is 2.16. The molecule has 2 aromatic rings. The van der Waals surface area contributed by atoms with Crippen LogP contribution in [0.3, 0.4) is 0 Å². The highest BCUT2D eigenvalue weighted by atomic mass is 19.3. The van der Waals surface area contributed by atoms with Crippen molar-refractivity contribution < 1.29 is 27.8 Å². The number of fused-ring (bicyclic) bond motifs is 1. The van der Waals surface area contributed by atoms with Gasteiger partial charge in [0.05, 0.1) is 12.5 Å². The standard InChI is InChI=1S/C19H19F2NO4/c1-12(14-4-7-16-17(11-14)25-9-8-24-16)22-18(23)10-13-2-5-15(6-3-13)26-19(20)21/h2-7,11-12,19H,8-10H2,1H3,(H,22,23)/t12-/m0/s1. The largest absolute Gasteiger partial charge is 0.486 e. The second-order valence-electron chi connectivity index (χ2n) is 5.89. The van der Waals surface area contributed by atoms with E-state index in [4.69, 9.17) is 9.47 Å². The molecule has 1 N–H and O–H groups in total. The Hall–Kier alpha value is -2.83. The molecule has 138 valence electrons. The fraction of sp³-hybridized carbons (Fsp3) is 0.316. The van der Waals surface area contributed by atoms with Crippen molar-refractivity contribution in [1.29, 1.82) is 0 Å². The van der Waals surface area contributed by atoms with Gasteiger partial charge in [0.25, 0.3) is 0 Å². The molecule has 0 aromatic heterocycles. The highest BCUT2D eigenvalue weighted by molar-refractivity contribution is 5.79. The van der Waals surface area contributed by atoms with Crippen molar-refractivity contribution in [3.05, 3.63) is 53.6 Å². The minimum absolute atomic E-state index is 0.0637. The molecule has 1 aliphatic heterocycles. The average Bonchev–Trinajstić information content (AvgIpc) is 2.62. The number of carbonyl (C=O) groups excluding carboxylic acids is 1. The molecule has 0 radical (unpaired) electrons. The van der Waals surface area contributed by atoms with Crippen molar-refractivity contribution in [3.63, 3.8) is 0 Å². The monoisotopic (exact) mass is 363 g/mol. The van der Waals surface area contributed by atoms with Crippen LogP contribution < -0.4 is 19.5 Å². The minimum atomic E-state index is -2.86. The van der Waals surface area contributed by atoms with E-state index in [2.05, 4.69) is 10.1 Å². The molecule has 0 bridgehead atoms. The van der Waals surface area contributed by atoms with Crippen molar-refractivity contribution in [3.8, 4) is 17.2 Å². The van der Waals surface area contributed by atoms with Crippen molar-refractivity contribution in [2.24, 2.45) is 0 Å². The fourth-order valence-corrected chi connectivity index (χ4v) is 2.68. The summed E-state index contributed by atoms with van der Waals surface area (Å²) in [6.45, 7) is 0.0430. The molecule has 0 saturated heterocycles. The number of hydrogen-bond acceptors (Lipinski definition) is 4. The summed E-state index contributed by atoms with van der Waals surface area (Å²) in [5.41, 5.74) is 1.61. The zero-order valence-electron chi connectivity index (χ0n) is 14.2. The summed E-state index contributed by atoms with van der Waals surface area (Å²) in [6, 6.07) is 11.4. The smallest absolute Gasteiger partial charge is 0.387 e. The second kappa shape index (κ2) is 8.03. The fourth-order valence-electron chi connectivity index (χ4n) is 2.68. The third kappa shape index (κ3) is 4.62. The molecule has 5 nitrogen and oxygen atoms in total. The molecule has 3 rings (SSSR count). The van der Waals surface area contributed by atoms with E-state index in [1.54, 1.807) is 12.1 Å². The number of benzene rings is 2. The molecule has 7 heteroatoms. The van der Waals surface area contributed by atoms with Crippen LogP contribution >= 0.6 is 0 Å². The summed E-state index contributed by atoms with van der Waals surface area (Å²) in [7, 11) is 0. The molecule has 2 aromatic carbocycles. The van der Waals surface area contributed by atoms with Crippen LogP contribution in [0.4, 0.5) is 8.78 Å². The molecule has 1 atom stereocenters. The first-order valence-electron chi connectivity index (χ1n) is 8.24.